The van der Waals surface area contributed by atoms with Crippen molar-refractivity contribution in [2.24, 2.45) is 0 Å². The molecular formula is C19H21FN6. The highest BCUT2D eigenvalue weighted by molar-refractivity contribution is 5.48. The summed E-state index contributed by atoms with van der Waals surface area (Å²) in [6, 6.07) is 16.9. The average Bonchev–Trinajstić information content (AvgIpc) is 3.18. The van der Waals surface area contributed by atoms with E-state index in [2.05, 4.69) is 32.2 Å². The molecule has 0 saturated carbocycles. The van der Waals surface area contributed by atoms with Crippen LogP contribution in [0, 0.1) is 5.82 Å². The Balaban J connectivity index is 1.47. The highest BCUT2D eigenvalue weighted by atomic mass is 19.1. The molecule has 1 unspecified atom stereocenters. The predicted molar refractivity (Wildman–Crippen MR) is 97.8 cm³/mol. The van der Waals surface area contributed by atoms with Crippen molar-refractivity contribution >= 4 is 5.69 Å². The summed E-state index contributed by atoms with van der Waals surface area (Å²) in [7, 11) is 0. The molecule has 0 spiro atoms. The minimum absolute atomic E-state index is 0.0768. The number of hydrogen-bond acceptors (Lipinski definition) is 5. The van der Waals surface area contributed by atoms with Crippen LogP contribution in [-0.4, -0.2) is 51.3 Å². The Labute approximate surface area is 151 Å². The van der Waals surface area contributed by atoms with Crippen LogP contribution >= 0.6 is 0 Å². The zero-order chi connectivity index (χ0) is 17.9. The van der Waals surface area contributed by atoms with Crippen LogP contribution in [-0.2, 0) is 0 Å². The van der Waals surface area contributed by atoms with Gasteiger partial charge in [0.15, 0.2) is 5.82 Å². The van der Waals surface area contributed by atoms with Gasteiger partial charge in [0.1, 0.15) is 5.82 Å². The predicted octanol–water partition coefficient (Wildman–Crippen LogP) is 2.68. The van der Waals surface area contributed by atoms with Gasteiger partial charge in [-0.2, -0.15) is 4.68 Å². The van der Waals surface area contributed by atoms with E-state index in [4.69, 9.17) is 0 Å². The van der Waals surface area contributed by atoms with Crippen molar-refractivity contribution in [2.75, 3.05) is 31.1 Å². The molecule has 2 heterocycles. The van der Waals surface area contributed by atoms with E-state index in [1.165, 1.54) is 6.07 Å². The molecule has 3 aromatic rings. The summed E-state index contributed by atoms with van der Waals surface area (Å²) in [5, 5.41) is 12.3. The van der Waals surface area contributed by atoms with Crippen molar-refractivity contribution in [3.8, 4) is 5.69 Å². The number of halogens is 1. The Morgan fingerprint density at radius 2 is 1.62 bits per heavy atom. The largest absolute Gasteiger partial charge is 0.367 e. The van der Waals surface area contributed by atoms with Crippen LogP contribution in [0.2, 0.25) is 0 Å². The third kappa shape index (κ3) is 3.17. The number of piperazine rings is 1. The number of rotatable bonds is 4. The molecule has 4 rings (SSSR count). The molecule has 1 aliphatic rings. The molecule has 134 valence electrons. The van der Waals surface area contributed by atoms with Crippen LogP contribution in [0.25, 0.3) is 5.69 Å². The fourth-order valence-electron chi connectivity index (χ4n) is 3.43. The number of anilines is 1. The number of tetrazole rings is 1. The van der Waals surface area contributed by atoms with Crippen molar-refractivity contribution in [3.63, 3.8) is 0 Å². The van der Waals surface area contributed by atoms with Crippen LogP contribution in [0.3, 0.4) is 0 Å². The van der Waals surface area contributed by atoms with E-state index in [1.807, 2.05) is 42.5 Å². The van der Waals surface area contributed by atoms with E-state index in [9.17, 15) is 4.39 Å². The number of nitrogens with zero attached hydrogens (tertiary/aromatic N) is 6. The molecule has 6 nitrogen and oxygen atoms in total. The zero-order valence-corrected chi connectivity index (χ0v) is 14.7. The maximum Gasteiger partial charge on any atom is 0.173 e. The van der Waals surface area contributed by atoms with Crippen LogP contribution in [0.5, 0.6) is 0 Å². The van der Waals surface area contributed by atoms with Crippen molar-refractivity contribution in [1.29, 1.82) is 0 Å². The quantitative estimate of drug-likeness (QED) is 0.723. The zero-order valence-electron chi connectivity index (χ0n) is 14.7. The lowest BCUT2D eigenvalue weighted by Crippen LogP contribution is -2.47. The Morgan fingerprint density at radius 3 is 2.35 bits per heavy atom. The van der Waals surface area contributed by atoms with Gasteiger partial charge in [-0.15, -0.1) is 5.10 Å². The lowest BCUT2D eigenvalue weighted by molar-refractivity contribution is 0.189. The van der Waals surface area contributed by atoms with E-state index in [0.717, 1.165) is 37.7 Å². The third-order valence-electron chi connectivity index (χ3n) is 4.92. The molecule has 0 radical (unpaired) electrons. The number of hydrogen-bond donors (Lipinski definition) is 0. The van der Waals surface area contributed by atoms with Crippen molar-refractivity contribution < 1.29 is 4.39 Å². The fraction of sp³-hybridized carbons (Fsp3) is 0.316. The third-order valence-corrected chi connectivity index (χ3v) is 4.92. The lowest BCUT2D eigenvalue weighted by atomic mass is 10.2. The molecule has 1 saturated heterocycles. The summed E-state index contributed by atoms with van der Waals surface area (Å²) in [6.07, 6.45) is 0. The van der Waals surface area contributed by atoms with E-state index < -0.39 is 0 Å². The first-order valence-corrected chi connectivity index (χ1v) is 8.81. The smallest absolute Gasteiger partial charge is 0.173 e. The summed E-state index contributed by atoms with van der Waals surface area (Å²) < 4.78 is 15.8. The second kappa shape index (κ2) is 7.21. The molecule has 26 heavy (non-hydrogen) atoms. The Hall–Kier alpha value is -2.80. The number of para-hydroxylation sites is 2. The van der Waals surface area contributed by atoms with Crippen molar-refractivity contribution in [1.82, 2.24) is 25.1 Å². The Morgan fingerprint density at radius 1 is 0.923 bits per heavy atom. The van der Waals surface area contributed by atoms with Crippen LogP contribution < -0.4 is 4.90 Å². The van der Waals surface area contributed by atoms with Gasteiger partial charge in [-0.25, -0.2) is 4.39 Å². The maximum absolute atomic E-state index is 14.0. The molecule has 0 aliphatic carbocycles. The van der Waals surface area contributed by atoms with E-state index >= 15 is 0 Å². The molecule has 0 amide bonds. The van der Waals surface area contributed by atoms with Gasteiger partial charge in [-0.3, -0.25) is 4.90 Å². The summed E-state index contributed by atoms with van der Waals surface area (Å²) in [6.45, 7) is 5.33. The van der Waals surface area contributed by atoms with Gasteiger partial charge in [0, 0.05) is 26.2 Å². The van der Waals surface area contributed by atoms with Crippen molar-refractivity contribution in [2.45, 2.75) is 13.0 Å². The summed E-state index contributed by atoms with van der Waals surface area (Å²) in [5.74, 6) is 0.651. The maximum atomic E-state index is 14.0. The minimum Gasteiger partial charge on any atom is -0.367 e. The first-order valence-electron chi connectivity index (χ1n) is 8.81. The summed E-state index contributed by atoms with van der Waals surface area (Å²) in [5.41, 5.74) is 1.62. The van der Waals surface area contributed by atoms with Gasteiger partial charge in [0.2, 0.25) is 0 Å². The average molecular weight is 352 g/mol. The standard InChI is InChI=1S/C19H21FN6/c1-15(19-21-22-23-26(19)16-7-3-2-4-8-16)24-11-13-25(14-12-24)18-10-6-5-9-17(18)20/h2-10,15H,11-14H2,1H3. The highest BCUT2D eigenvalue weighted by Gasteiger charge is 2.27. The van der Waals surface area contributed by atoms with Gasteiger partial charge in [-0.1, -0.05) is 30.3 Å². The molecule has 1 aliphatic heterocycles. The number of aromatic nitrogens is 4. The topological polar surface area (TPSA) is 50.1 Å². The van der Waals surface area contributed by atoms with E-state index in [0.29, 0.717) is 5.69 Å². The molecule has 2 aromatic carbocycles. The first kappa shape index (κ1) is 16.7. The lowest BCUT2D eigenvalue weighted by Gasteiger charge is -2.38. The molecule has 7 heteroatoms. The van der Waals surface area contributed by atoms with Gasteiger partial charge < -0.3 is 4.90 Å². The second-order valence-electron chi connectivity index (χ2n) is 6.43. The van der Waals surface area contributed by atoms with Crippen LogP contribution in [0.15, 0.2) is 54.6 Å². The molecular weight excluding hydrogens is 331 g/mol. The monoisotopic (exact) mass is 352 g/mol. The fourth-order valence-corrected chi connectivity index (χ4v) is 3.43. The minimum atomic E-state index is -0.165. The van der Waals surface area contributed by atoms with Crippen LogP contribution in [0.4, 0.5) is 10.1 Å². The molecule has 0 bridgehead atoms. The second-order valence-corrected chi connectivity index (χ2v) is 6.43. The van der Waals surface area contributed by atoms with Crippen LogP contribution in [0.1, 0.15) is 18.8 Å². The van der Waals surface area contributed by atoms with Gasteiger partial charge in [-0.05, 0) is 41.6 Å². The molecule has 1 atom stereocenters. The van der Waals surface area contributed by atoms with Crippen molar-refractivity contribution in [3.05, 3.63) is 66.2 Å². The SMILES string of the molecule is CC(c1nnnn1-c1ccccc1)N1CCN(c2ccccc2F)CC1. The highest BCUT2D eigenvalue weighted by Crippen LogP contribution is 2.25. The van der Waals surface area contributed by atoms with E-state index in [1.54, 1.807) is 10.7 Å². The Bertz CT molecular complexity index is 857. The molecule has 0 N–H and O–H groups in total. The van der Waals surface area contributed by atoms with Gasteiger partial charge >= 0.3 is 0 Å². The Kier molecular flexibility index (Phi) is 4.62. The normalized spacial score (nSPS) is 16.6. The van der Waals surface area contributed by atoms with Gasteiger partial charge in [0.25, 0.3) is 0 Å². The first-order chi connectivity index (χ1) is 12.7. The summed E-state index contributed by atoms with van der Waals surface area (Å²) in [4.78, 5) is 4.43. The molecule has 1 fully saturated rings. The molecule has 1 aromatic heterocycles. The summed E-state index contributed by atoms with van der Waals surface area (Å²) >= 11 is 0. The number of benzene rings is 2. The van der Waals surface area contributed by atoms with Gasteiger partial charge in [0.05, 0.1) is 17.4 Å². The van der Waals surface area contributed by atoms with E-state index in [-0.39, 0.29) is 11.9 Å².